The molecule has 1 saturated carbocycles. The number of nitrogens with zero attached hydrogens (tertiary/aromatic N) is 2. The standard InChI is InChI=1S/C20H27N3O2/c21-17-7-3-6-16(17)20(25)23-13-14(15-5-1-2-8-18(15)23)10-12-22-11-4-9-19(22)24/h1-2,5,8,14,16-17H,3-4,6-7,9-13,21H2/t14-,16+,17+/m0/s1. The van der Waals surface area contributed by atoms with E-state index in [0.29, 0.717) is 12.3 Å². The lowest BCUT2D eigenvalue weighted by atomic mass is 9.98. The van der Waals surface area contributed by atoms with E-state index in [9.17, 15) is 9.59 Å². The van der Waals surface area contributed by atoms with Crippen molar-refractivity contribution >= 4 is 17.5 Å². The second-order valence-corrected chi connectivity index (χ2v) is 7.68. The summed E-state index contributed by atoms with van der Waals surface area (Å²) in [6, 6.07) is 8.23. The van der Waals surface area contributed by atoms with Gasteiger partial charge in [0, 0.05) is 43.7 Å². The van der Waals surface area contributed by atoms with Crippen LogP contribution < -0.4 is 10.6 Å². The van der Waals surface area contributed by atoms with E-state index in [1.54, 1.807) is 0 Å². The predicted molar refractivity (Wildman–Crippen MR) is 97.3 cm³/mol. The first-order valence-corrected chi connectivity index (χ1v) is 9.59. The fourth-order valence-corrected chi connectivity index (χ4v) is 4.70. The third-order valence-electron chi connectivity index (χ3n) is 6.14. The Balaban J connectivity index is 1.49. The highest BCUT2D eigenvalue weighted by molar-refractivity contribution is 5.98. The molecule has 0 spiro atoms. The molecule has 3 atom stereocenters. The van der Waals surface area contributed by atoms with Crippen LogP contribution >= 0.6 is 0 Å². The molecule has 2 aliphatic heterocycles. The first-order chi connectivity index (χ1) is 12.1. The van der Waals surface area contributed by atoms with Gasteiger partial charge in [-0.2, -0.15) is 0 Å². The Morgan fingerprint density at radius 2 is 2.04 bits per heavy atom. The van der Waals surface area contributed by atoms with Crippen molar-refractivity contribution in [1.29, 1.82) is 0 Å². The number of carbonyl (C=O) groups is 2. The molecule has 0 bridgehead atoms. The Labute approximate surface area is 149 Å². The Hall–Kier alpha value is -1.88. The zero-order valence-corrected chi connectivity index (χ0v) is 14.7. The van der Waals surface area contributed by atoms with Crippen LogP contribution in [0.3, 0.4) is 0 Å². The van der Waals surface area contributed by atoms with Crippen LogP contribution in [-0.2, 0) is 9.59 Å². The predicted octanol–water partition coefficient (Wildman–Crippen LogP) is 2.26. The first kappa shape index (κ1) is 16.6. The normalized spacial score (nSPS) is 28.7. The second kappa shape index (κ2) is 6.79. The molecule has 3 aliphatic rings. The van der Waals surface area contributed by atoms with Gasteiger partial charge >= 0.3 is 0 Å². The van der Waals surface area contributed by atoms with Gasteiger partial charge in [0.15, 0.2) is 0 Å². The Bertz CT molecular complexity index is 675. The quantitative estimate of drug-likeness (QED) is 0.913. The zero-order chi connectivity index (χ0) is 17.4. The van der Waals surface area contributed by atoms with E-state index in [1.165, 1.54) is 5.56 Å². The summed E-state index contributed by atoms with van der Waals surface area (Å²) in [5.41, 5.74) is 8.46. The number of rotatable bonds is 4. The van der Waals surface area contributed by atoms with Gasteiger partial charge in [-0.05, 0) is 37.3 Å². The van der Waals surface area contributed by atoms with Crippen LogP contribution in [0.15, 0.2) is 24.3 Å². The van der Waals surface area contributed by atoms with Crippen molar-refractivity contribution in [3.05, 3.63) is 29.8 Å². The van der Waals surface area contributed by atoms with Crippen molar-refractivity contribution in [2.75, 3.05) is 24.5 Å². The van der Waals surface area contributed by atoms with Gasteiger partial charge in [0.05, 0.1) is 5.92 Å². The summed E-state index contributed by atoms with van der Waals surface area (Å²) < 4.78 is 0. The number of hydrogen-bond acceptors (Lipinski definition) is 3. The van der Waals surface area contributed by atoms with E-state index >= 15 is 0 Å². The van der Waals surface area contributed by atoms with Crippen LogP contribution in [0.5, 0.6) is 0 Å². The number of fused-ring (bicyclic) bond motifs is 1. The maximum atomic E-state index is 13.1. The molecule has 1 saturated heterocycles. The summed E-state index contributed by atoms with van der Waals surface area (Å²) in [6.07, 6.45) is 5.49. The number of anilines is 1. The molecule has 5 heteroatoms. The number of nitrogens with two attached hydrogens (primary N) is 1. The summed E-state index contributed by atoms with van der Waals surface area (Å²) in [6.45, 7) is 2.40. The van der Waals surface area contributed by atoms with Crippen molar-refractivity contribution in [1.82, 2.24) is 4.90 Å². The molecule has 1 aliphatic carbocycles. The second-order valence-electron chi connectivity index (χ2n) is 7.68. The maximum absolute atomic E-state index is 13.1. The van der Waals surface area contributed by atoms with Crippen LogP contribution in [0.25, 0.3) is 0 Å². The maximum Gasteiger partial charge on any atom is 0.231 e. The summed E-state index contributed by atoms with van der Waals surface area (Å²) in [7, 11) is 0. The third kappa shape index (κ3) is 3.06. The van der Waals surface area contributed by atoms with Crippen LogP contribution in [0.2, 0.25) is 0 Å². The number of para-hydroxylation sites is 1. The van der Waals surface area contributed by atoms with Crippen LogP contribution in [0, 0.1) is 5.92 Å². The molecule has 2 N–H and O–H groups in total. The molecule has 5 nitrogen and oxygen atoms in total. The molecule has 2 amide bonds. The summed E-state index contributed by atoms with van der Waals surface area (Å²) in [4.78, 5) is 28.8. The van der Waals surface area contributed by atoms with Gasteiger partial charge in [-0.1, -0.05) is 24.6 Å². The molecular formula is C20H27N3O2. The smallest absolute Gasteiger partial charge is 0.231 e. The topological polar surface area (TPSA) is 66.6 Å². The van der Waals surface area contributed by atoms with Gasteiger partial charge in [-0.25, -0.2) is 0 Å². The highest BCUT2D eigenvalue weighted by atomic mass is 16.2. The van der Waals surface area contributed by atoms with Crippen LogP contribution in [0.4, 0.5) is 5.69 Å². The summed E-state index contributed by atoms with van der Waals surface area (Å²) in [5, 5.41) is 0. The van der Waals surface area contributed by atoms with Gasteiger partial charge in [-0.3, -0.25) is 9.59 Å². The van der Waals surface area contributed by atoms with Gasteiger partial charge < -0.3 is 15.5 Å². The van der Waals surface area contributed by atoms with E-state index in [-0.39, 0.29) is 23.8 Å². The highest BCUT2D eigenvalue weighted by Gasteiger charge is 2.39. The van der Waals surface area contributed by atoms with E-state index in [2.05, 4.69) is 12.1 Å². The largest absolute Gasteiger partial charge is 0.343 e. The number of benzene rings is 1. The van der Waals surface area contributed by atoms with Crippen LogP contribution in [0.1, 0.15) is 50.0 Å². The van der Waals surface area contributed by atoms with Crippen molar-refractivity contribution in [3.63, 3.8) is 0 Å². The molecule has 1 aromatic carbocycles. The fraction of sp³-hybridized carbons (Fsp3) is 0.600. The molecule has 1 aromatic rings. The molecule has 0 unspecified atom stereocenters. The highest BCUT2D eigenvalue weighted by Crippen LogP contribution is 2.40. The number of likely N-dealkylation sites (tertiary alicyclic amines) is 1. The van der Waals surface area contributed by atoms with Crippen molar-refractivity contribution in [2.24, 2.45) is 11.7 Å². The van der Waals surface area contributed by atoms with Crippen molar-refractivity contribution in [3.8, 4) is 0 Å². The van der Waals surface area contributed by atoms with Gasteiger partial charge in [0.25, 0.3) is 0 Å². The molecule has 134 valence electrons. The fourth-order valence-electron chi connectivity index (χ4n) is 4.70. The van der Waals surface area contributed by atoms with E-state index in [4.69, 9.17) is 5.73 Å². The molecule has 2 fully saturated rings. The van der Waals surface area contributed by atoms with E-state index in [0.717, 1.165) is 57.4 Å². The minimum atomic E-state index is -0.0352. The lowest BCUT2D eigenvalue weighted by Gasteiger charge is -2.24. The molecule has 0 radical (unpaired) electrons. The minimum Gasteiger partial charge on any atom is -0.343 e. The minimum absolute atomic E-state index is 0.000865. The van der Waals surface area contributed by atoms with Gasteiger partial charge in [0.2, 0.25) is 11.8 Å². The average molecular weight is 341 g/mol. The van der Waals surface area contributed by atoms with Crippen LogP contribution in [-0.4, -0.2) is 42.4 Å². The lowest BCUT2D eigenvalue weighted by molar-refractivity contribution is -0.128. The van der Waals surface area contributed by atoms with E-state index in [1.807, 2.05) is 21.9 Å². The molecule has 4 rings (SSSR count). The Morgan fingerprint density at radius 3 is 2.76 bits per heavy atom. The molecule has 25 heavy (non-hydrogen) atoms. The summed E-state index contributed by atoms with van der Waals surface area (Å²) in [5.74, 6) is 0.742. The Morgan fingerprint density at radius 1 is 1.20 bits per heavy atom. The van der Waals surface area contributed by atoms with E-state index < -0.39 is 0 Å². The SMILES string of the molecule is N[C@@H]1CCC[C@H]1C(=O)N1C[C@H](CCN2CCCC2=O)c2ccccc21. The van der Waals surface area contributed by atoms with Crippen molar-refractivity contribution in [2.45, 2.75) is 50.5 Å². The molecule has 2 heterocycles. The van der Waals surface area contributed by atoms with Gasteiger partial charge in [-0.15, -0.1) is 0 Å². The van der Waals surface area contributed by atoms with Gasteiger partial charge in [0.1, 0.15) is 0 Å². The molecule has 0 aromatic heterocycles. The Kier molecular flexibility index (Phi) is 4.50. The number of amides is 2. The summed E-state index contributed by atoms with van der Waals surface area (Å²) >= 11 is 0. The number of carbonyl (C=O) groups excluding carboxylic acids is 2. The zero-order valence-electron chi connectivity index (χ0n) is 14.7. The third-order valence-corrected chi connectivity index (χ3v) is 6.14. The monoisotopic (exact) mass is 341 g/mol. The first-order valence-electron chi connectivity index (χ1n) is 9.59. The molecular weight excluding hydrogens is 314 g/mol. The average Bonchev–Trinajstić information content (AvgIpc) is 3.31. The lowest BCUT2D eigenvalue weighted by Crippen LogP contribution is -2.41. The van der Waals surface area contributed by atoms with Crippen molar-refractivity contribution < 1.29 is 9.59 Å². The number of hydrogen-bond donors (Lipinski definition) is 1.